The van der Waals surface area contributed by atoms with Gasteiger partial charge in [0, 0.05) is 12.1 Å². The summed E-state index contributed by atoms with van der Waals surface area (Å²) in [6, 6.07) is 1.53. The summed E-state index contributed by atoms with van der Waals surface area (Å²) >= 11 is 0. The van der Waals surface area contributed by atoms with Gasteiger partial charge in [-0.1, -0.05) is 40.5 Å². The summed E-state index contributed by atoms with van der Waals surface area (Å²) in [6.07, 6.45) is 9.72. The third kappa shape index (κ3) is 5.56. The standard InChI is InChI=1S/C19H38N2/c1-14-6-8-16(3)18(12-14)20-10-5-11-21-19-13-15(2)7-9-17(19)4/h14-21H,5-13H2,1-4H3. The molecule has 124 valence electrons. The smallest absolute Gasteiger partial charge is 0.00952 e. The Morgan fingerprint density at radius 3 is 1.52 bits per heavy atom. The Bertz CT molecular complexity index is 263. The van der Waals surface area contributed by atoms with E-state index >= 15 is 0 Å². The summed E-state index contributed by atoms with van der Waals surface area (Å²) in [7, 11) is 0. The molecular formula is C19H38N2. The molecule has 0 spiro atoms. The van der Waals surface area contributed by atoms with Gasteiger partial charge in [0.2, 0.25) is 0 Å². The minimum Gasteiger partial charge on any atom is -0.314 e. The molecule has 2 aliphatic rings. The molecule has 21 heavy (non-hydrogen) atoms. The molecule has 0 aliphatic heterocycles. The van der Waals surface area contributed by atoms with Gasteiger partial charge in [0.15, 0.2) is 0 Å². The van der Waals surface area contributed by atoms with E-state index in [0.717, 1.165) is 35.8 Å². The van der Waals surface area contributed by atoms with Crippen molar-refractivity contribution in [2.45, 2.75) is 84.7 Å². The van der Waals surface area contributed by atoms with E-state index in [1.54, 1.807) is 0 Å². The third-order valence-electron chi connectivity index (χ3n) is 6.08. The van der Waals surface area contributed by atoms with Crippen molar-refractivity contribution >= 4 is 0 Å². The van der Waals surface area contributed by atoms with Crippen LogP contribution < -0.4 is 10.6 Å². The van der Waals surface area contributed by atoms with Gasteiger partial charge < -0.3 is 10.6 Å². The predicted molar refractivity (Wildman–Crippen MR) is 92.6 cm³/mol. The molecule has 0 aromatic carbocycles. The van der Waals surface area contributed by atoms with E-state index in [-0.39, 0.29) is 0 Å². The van der Waals surface area contributed by atoms with E-state index in [4.69, 9.17) is 0 Å². The van der Waals surface area contributed by atoms with Crippen LogP contribution in [0.2, 0.25) is 0 Å². The van der Waals surface area contributed by atoms with Gasteiger partial charge in [-0.15, -0.1) is 0 Å². The molecular weight excluding hydrogens is 256 g/mol. The second-order valence-corrected chi connectivity index (χ2v) is 8.27. The van der Waals surface area contributed by atoms with Crippen molar-refractivity contribution in [3.05, 3.63) is 0 Å². The van der Waals surface area contributed by atoms with Crippen LogP contribution in [0.5, 0.6) is 0 Å². The molecule has 2 aliphatic carbocycles. The van der Waals surface area contributed by atoms with Crippen LogP contribution >= 0.6 is 0 Å². The number of hydrogen-bond donors (Lipinski definition) is 2. The monoisotopic (exact) mass is 294 g/mol. The van der Waals surface area contributed by atoms with E-state index in [2.05, 4.69) is 38.3 Å². The van der Waals surface area contributed by atoms with Crippen molar-refractivity contribution in [1.82, 2.24) is 10.6 Å². The van der Waals surface area contributed by atoms with Crippen LogP contribution in [0.3, 0.4) is 0 Å². The predicted octanol–water partition coefficient (Wildman–Crippen LogP) is 4.21. The Balaban J connectivity index is 1.57. The average molecular weight is 295 g/mol. The zero-order valence-corrected chi connectivity index (χ0v) is 14.8. The van der Waals surface area contributed by atoms with Gasteiger partial charge in [-0.05, 0) is 68.9 Å². The maximum absolute atomic E-state index is 3.82. The molecule has 0 aromatic heterocycles. The maximum Gasteiger partial charge on any atom is 0.00952 e. The van der Waals surface area contributed by atoms with Crippen molar-refractivity contribution in [2.75, 3.05) is 13.1 Å². The molecule has 2 heteroatoms. The van der Waals surface area contributed by atoms with Crippen molar-refractivity contribution in [2.24, 2.45) is 23.7 Å². The summed E-state index contributed by atoms with van der Waals surface area (Å²) in [4.78, 5) is 0. The molecule has 0 saturated heterocycles. The lowest BCUT2D eigenvalue weighted by molar-refractivity contribution is 0.220. The highest BCUT2D eigenvalue weighted by atomic mass is 14.9. The molecule has 0 radical (unpaired) electrons. The van der Waals surface area contributed by atoms with Crippen LogP contribution in [0, 0.1) is 23.7 Å². The second kappa shape index (κ2) is 8.53. The van der Waals surface area contributed by atoms with Crippen molar-refractivity contribution in [1.29, 1.82) is 0 Å². The lowest BCUT2D eigenvalue weighted by Gasteiger charge is -2.34. The third-order valence-corrected chi connectivity index (χ3v) is 6.08. The molecule has 6 unspecified atom stereocenters. The molecule has 6 atom stereocenters. The number of hydrogen-bond acceptors (Lipinski definition) is 2. The van der Waals surface area contributed by atoms with Crippen LogP contribution in [0.1, 0.15) is 72.6 Å². The topological polar surface area (TPSA) is 24.1 Å². The second-order valence-electron chi connectivity index (χ2n) is 8.27. The summed E-state index contributed by atoms with van der Waals surface area (Å²) in [6.45, 7) is 12.0. The van der Waals surface area contributed by atoms with Gasteiger partial charge in [-0.25, -0.2) is 0 Å². The van der Waals surface area contributed by atoms with E-state index in [9.17, 15) is 0 Å². The number of nitrogens with one attached hydrogen (secondary N) is 2. The van der Waals surface area contributed by atoms with Crippen molar-refractivity contribution < 1.29 is 0 Å². The minimum absolute atomic E-state index is 0.766. The molecule has 2 fully saturated rings. The zero-order valence-electron chi connectivity index (χ0n) is 14.8. The van der Waals surface area contributed by atoms with E-state index in [0.29, 0.717) is 0 Å². The molecule has 2 N–H and O–H groups in total. The van der Waals surface area contributed by atoms with Crippen LogP contribution in [0.4, 0.5) is 0 Å². The van der Waals surface area contributed by atoms with Gasteiger partial charge in [-0.3, -0.25) is 0 Å². The van der Waals surface area contributed by atoms with E-state index in [1.165, 1.54) is 58.0 Å². The highest BCUT2D eigenvalue weighted by Crippen LogP contribution is 2.29. The highest BCUT2D eigenvalue weighted by Gasteiger charge is 2.26. The molecule has 0 heterocycles. The molecule has 2 saturated carbocycles. The Hall–Kier alpha value is -0.0800. The summed E-state index contributed by atoms with van der Waals surface area (Å²) in [5.74, 6) is 3.57. The van der Waals surface area contributed by atoms with Gasteiger partial charge in [-0.2, -0.15) is 0 Å². The SMILES string of the molecule is CC1CCC(C)C(NCCCNC2CC(C)CCC2C)C1. The largest absolute Gasteiger partial charge is 0.314 e. The van der Waals surface area contributed by atoms with Gasteiger partial charge in [0.25, 0.3) is 0 Å². The fourth-order valence-electron chi connectivity index (χ4n) is 4.30. The first-order valence-corrected chi connectivity index (χ1v) is 9.53. The first kappa shape index (κ1) is 17.3. The Morgan fingerprint density at radius 2 is 1.10 bits per heavy atom. The first-order valence-electron chi connectivity index (χ1n) is 9.53. The fourth-order valence-corrected chi connectivity index (χ4v) is 4.30. The van der Waals surface area contributed by atoms with Crippen molar-refractivity contribution in [3.63, 3.8) is 0 Å². The maximum atomic E-state index is 3.82. The lowest BCUT2D eigenvalue weighted by Crippen LogP contribution is -2.42. The first-order chi connectivity index (χ1) is 10.1. The van der Waals surface area contributed by atoms with Crippen molar-refractivity contribution in [3.8, 4) is 0 Å². The number of rotatable bonds is 6. The van der Waals surface area contributed by atoms with Gasteiger partial charge in [0.05, 0.1) is 0 Å². The highest BCUT2D eigenvalue weighted by molar-refractivity contribution is 4.83. The van der Waals surface area contributed by atoms with Crippen LogP contribution in [-0.2, 0) is 0 Å². The Morgan fingerprint density at radius 1 is 0.667 bits per heavy atom. The summed E-state index contributed by atoms with van der Waals surface area (Å²) in [5, 5.41) is 7.64. The molecule has 0 aromatic rings. The zero-order chi connectivity index (χ0) is 15.2. The quantitative estimate of drug-likeness (QED) is 0.717. The normalized spacial score (nSPS) is 41.1. The molecule has 2 nitrogen and oxygen atoms in total. The fraction of sp³-hybridized carbons (Fsp3) is 1.00. The summed E-state index contributed by atoms with van der Waals surface area (Å²) in [5.41, 5.74) is 0. The molecule has 0 bridgehead atoms. The molecule has 0 amide bonds. The minimum atomic E-state index is 0.766. The van der Waals surface area contributed by atoms with E-state index in [1.807, 2.05) is 0 Å². The van der Waals surface area contributed by atoms with Crippen LogP contribution in [0.15, 0.2) is 0 Å². The van der Waals surface area contributed by atoms with Gasteiger partial charge in [0.1, 0.15) is 0 Å². The van der Waals surface area contributed by atoms with Crippen LogP contribution in [0.25, 0.3) is 0 Å². The average Bonchev–Trinajstić information content (AvgIpc) is 2.45. The Labute approximate surface area is 132 Å². The Kier molecular flexibility index (Phi) is 7.01. The van der Waals surface area contributed by atoms with Crippen LogP contribution in [-0.4, -0.2) is 25.2 Å². The summed E-state index contributed by atoms with van der Waals surface area (Å²) < 4.78 is 0. The lowest BCUT2D eigenvalue weighted by atomic mass is 9.80. The van der Waals surface area contributed by atoms with Gasteiger partial charge >= 0.3 is 0 Å². The molecule has 2 rings (SSSR count). The van der Waals surface area contributed by atoms with E-state index < -0.39 is 0 Å².